The van der Waals surface area contributed by atoms with Crippen LogP contribution in [0.4, 0.5) is 0 Å². The predicted octanol–water partition coefficient (Wildman–Crippen LogP) is 3.27. The van der Waals surface area contributed by atoms with Gasteiger partial charge in [0.25, 0.3) is 0 Å². The predicted molar refractivity (Wildman–Crippen MR) is 81.0 cm³/mol. The van der Waals surface area contributed by atoms with Gasteiger partial charge in [0.1, 0.15) is 0 Å². The summed E-state index contributed by atoms with van der Waals surface area (Å²) in [5.74, 6) is -0.460. The minimum Gasteiger partial charge on any atom is -0.312 e. The van der Waals surface area contributed by atoms with Gasteiger partial charge in [-0.05, 0) is 53.8 Å². The van der Waals surface area contributed by atoms with Crippen molar-refractivity contribution in [3.8, 4) is 0 Å². The minimum atomic E-state index is -0.460. The first kappa shape index (κ1) is 13.7. The Morgan fingerprint density at radius 1 is 1.21 bits per heavy atom. The van der Waals surface area contributed by atoms with Crippen LogP contribution in [0.2, 0.25) is 0 Å². The van der Waals surface area contributed by atoms with E-state index in [0.717, 1.165) is 9.13 Å². The summed E-state index contributed by atoms with van der Waals surface area (Å²) in [6, 6.07) is 10.8. The Bertz CT molecular complexity index is 612. The van der Waals surface area contributed by atoms with Crippen molar-refractivity contribution in [1.29, 1.82) is 0 Å². The van der Waals surface area contributed by atoms with E-state index in [1.807, 2.05) is 12.1 Å². The lowest BCUT2D eigenvalue weighted by Crippen LogP contribution is -2.05. The topological polar surface area (TPSA) is 51.5 Å². The third kappa shape index (κ3) is 3.60. The van der Waals surface area contributed by atoms with Gasteiger partial charge in [-0.1, -0.05) is 17.3 Å². The number of rotatable bonds is 3. The summed E-state index contributed by atoms with van der Waals surface area (Å²) in [7, 11) is 0. The molecule has 0 atom stereocenters. The third-order valence-electron chi connectivity index (χ3n) is 2.46. The van der Waals surface area contributed by atoms with Crippen LogP contribution in [0.15, 0.2) is 53.9 Å². The van der Waals surface area contributed by atoms with Crippen LogP contribution >= 0.6 is 22.6 Å². The Morgan fingerprint density at radius 3 is 2.58 bits per heavy atom. The van der Waals surface area contributed by atoms with Gasteiger partial charge in [0.05, 0.1) is 11.3 Å². The van der Waals surface area contributed by atoms with E-state index in [-0.39, 0.29) is 0 Å². The van der Waals surface area contributed by atoms with E-state index in [4.69, 9.17) is 4.84 Å². The van der Waals surface area contributed by atoms with Gasteiger partial charge in [-0.25, -0.2) is 4.79 Å². The molecule has 0 bridgehead atoms. The zero-order valence-electron chi connectivity index (χ0n) is 10.2. The number of hydrogen-bond donors (Lipinski definition) is 0. The molecule has 0 saturated carbocycles. The van der Waals surface area contributed by atoms with Crippen molar-refractivity contribution in [3.63, 3.8) is 0 Å². The average Bonchev–Trinajstić information content (AvgIpc) is 2.46. The van der Waals surface area contributed by atoms with Gasteiger partial charge in [0, 0.05) is 21.5 Å². The van der Waals surface area contributed by atoms with Gasteiger partial charge in [-0.2, -0.15) is 0 Å². The molecular weight excluding hydrogens is 355 g/mol. The fraction of sp³-hybridized carbons (Fsp3) is 0.0714. The van der Waals surface area contributed by atoms with Crippen molar-refractivity contribution < 1.29 is 9.63 Å². The molecule has 96 valence electrons. The Labute approximate surface area is 124 Å². The van der Waals surface area contributed by atoms with E-state index in [2.05, 4.69) is 32.7 Å². The van der Waals surface area contributed by atoms with Crippen LogP contribution in [0.5, 0.6) is 0 Å². The SMILES string of the molecule is C/C(=N\OC(=O)c1ccccc1I)c1ccncc1. The number of aromatic nitrogens is 1. The molecule has 0 spiro atoms. The van der Waals surface area contributed by atoms with Gasteiger partial charge in [0.15, 0.2) is 0 Å². The molecule has 2 rings (SSSR count). The molecule has 1 aromatic heterocycles. The molecule has 1 heterocycles. The maximum absolute atomic E-state index is 11.9. The lowest BCUT2D eigenvalue weighted by molar-refractivity contribution is 0.0515. The highest BCUT2D eigenvalue weighted by molar-refractivity contribution is 14.1. The number of carbonyl (C=O) groups is 1. The second kappa shape index (κ2) is 6.42. The van der Waals surface area contributed by atoms with Crippen molar-refractivity contribution in [2.75, 3.05) is 0 Å². The van der Waals surface area contributed by atoms with E-state index in [1.165, 1.54) is 0 Å². The van der Waals surface area contributed by atoms with E-state index >= 15 is 0 Å². The Balaban J connectivity index is 2.11. The van der Waals surface area contributed by atoms with Gasteiger partial charge in [-0.3, -0.25) is 4.98 Å². The van der Waals surface area contributed by atoms with Crippen LogP contribution in [0, 0.1) is 3.57 Å². The summed E-state index contributed by atoms with van der Waals surface area (Å²) in [4.78, 5) is 20.7. The third-order valence-corrected chi connectivity index (χ3v) is 3.40. The maximum Gasteiger partial charge on any atom is 0.366 e. The molecule has 2 aromatic rings. The van der Waals surface area contributed by atoms with Crippen LogP contribution < -0.4 is 0 Å². The second-order valence-corrected chi connectivity index (χ2v) is 4.93. The first-order valence-corrected chi connectivity index (χ1v) is 6.67. The minimum absolute atomic E-state index is 0.460. The number of hydrogen-bond acceptors (Lipinski definition) is 4. The molecule has 0 radical (unpaired) electrons. The molecule has 0 aliphatic rings. The Morgan fingerprint density at radius 2 is 1.89 bits per heavy atom. The molecular formula is C14H11IN2O2. The monoisotopic (exact) mass is 366 g/mol. The number of benzene rings is 1. The van der Waals surface area contributed by atoms with Crippen LogP contribution in [-0.2, 0) is 4.84 Å². The number of carbonyl (C=O) groups excluding carboxylic acids is 1. The van der Waals surface area contributed by atoms with Gasteiger partial charge >= 0.3 is 5.97 Å². The largest absolute Gasteiger partial charge is 0.366 e. The highest BCUT2D eigenvalue weighted by Gasteiger charge is 2.10. The van der Waals surface area contributed by atoms with Crippen LogP contribution in [0.25, 0.3) is 0 Å². The standard InChI is InChI=1S/C14H11IN2O2/c1-10(11-6-8-16-9-7-11)17-19-14(18)12-4-2-3-5-13(12)15/h2-9H,1H3/b17-10+. The Kier molecular flexibility index (Phi) is 4.62. The molecule has 1 aromatic carbocycles. The molecule has 19 heavy (non-hydrogen) atoms. The van der Waals surface area contributed by atoms with E-state index in [0.29, 0.717) is 11.3 Å². The fourth-order valence-corrected chi connectivity index (χ4v) is 2.04. The molecule has 0 unspecified atom stereocenters. The zero-order valence-corrected chi connectivity index (χ0v) is 12.4. The van der Waals surface area contributed by atoms with E-state index < -0.39 is 5.97 Å². The maximum atomic E-state index is 11.9. The number of pyridine rings is 1. The van der Waals surface area contributed by atoms with Crippen molar-refractivity contribution in [2.24, 2.45) is 5.16 Å². The van der Waals surface area contributed by atoms with Gasteiger partial charge in [0.2, 0.25) is 0 Å². The van der Waals surface area contributed by atoms with Crippen molar-refractivity contribution >= 4 is 34.3 Å². The van der Waals surface area contributed by atoms with Crippen LogP contribution in [-0.4, -0.2) is 16.7 Å². The Hall–Kier alpha value is -1.76. The van der Waals surface area contributed by atoms with E-state index in [1.54, 1.807) is 43.6 Å². The molecule has 0 amide bonds. The summed E-state index contributed by atoms with van der Waals surface area (Å²) in [6.07, 6.45) is 3.33. The van der Waals surface area contributed by atoms with Crippen molar-refractivity contribution in [2.45, 2.75) is 6.92 Å². The number of nitrogens with zero attached hydrogens (tertiary/aromatic N) is 2. The van der Waals surface area contributed by atoms with Crippen molar-refractivity contribution in [1.82, 2.24) is 4.98 Å². The summed E-state index contributed by atoms with van der Waals surface area (Å²) in [6.45, 7) is 1.78. The fourth-order valence-electron chi connectivity index (χ4n) is 1.43. The zero-order chi connectivity index (χ0) is 13.7. The van der Waals surface area contributed by atoms with Gasteiger partial charge < -0.3 is 4.84 Å². The molecule has 5 heteroatoms. The smallest absolute Gasteiger partial charge is 0.312 e. The quantitative estimate of drug-likeness (QED) is 0.363. The highest BCUT2D eigenvalue weighted by atomic mass is 127. The number of halogens is 1. The second-order valence-electron chi connectivity index (χ2n) is 3.77. The molecule has 0 N–H and O–H groups in total. The van der Waals surface area contributed by atoms with E-state index in [9.17, 15) is 4.79 Å². The molecule has 4 nitrogen and oxygen atoms in total. The summed E-state index contributed by atoms with van der Waals surface area (Å²) >= 11 is 2.09. The molecule has 0 saturated heterocycles. The average molecular weight is 366 g/mol. The molecule has 0 aliphatic carbocycles. The summed E-state index contributed by atoms with van der Waals surface area (Å²) < 4.78 is 0.835. The summed E-state index contributed by atoms with van der Waals surface area (Å²) in [5, 5.41) is 3.85. The van der Waals surface area contributed by atoms with Crippen LogP contribution in [0.3, 0.4) is 0 Å². The summed E-state index contributed by atoms with van der Waals surface area (Å²) in [5.41, 5.74) is 2.00. The molecule has 0 fully saturated rings. The molecule has 0 aliphatic heterocycles. The highest BCUT2D eigenvalue weighted by Crippen LogP contribution is 2.13. The van der Waals surface area contributed by atoms with Crippen LogP contribution in [0.1, 0.15) is 22.8 Å². The lowest BCUT2D eigenvalue weighted by Gasteiger charge is -2.02. The first-order valence-electron chi connectivity index (χ1n) is 5.59. The first-order chi connectivity index (χ1) is 9.18. The van der Waals surface area contributed by atoms with Gasteiger partial charge in [-0.15, -0.1) is 0 Å². The lowest BCUT2D eigenvalue weighted by atomic mass is 10.2. The number of oxime groups is 1. The van der Waals surface area contributed by atoms with Crippen molar-refractivity contribution in [3.05, 3.63) is 63.5 Å². The normalized spacial score (nSPS) is 11.2.